The van der Waals surface area contributed by atoms with E-state index in [1.165, 1.54) is 10.8 Å². The van der Waals surface area contributed by atoms with E-state index in [4.69, 9.17) is 9.84 Å². The number of halogens is 5. The molecule has 0 saturated carbocycles. The minimum atomic E-state index is -4.71. The fraction of sp³-hybridized carbons (Fsp3) is 0.304. The van der Waals surface area contributed by atoms with Crippen LogP contribution in [0.25, 0.3) is 5.70 Å². The van der Waals surface area contributed by atoms with Gasteiger partial charge in [0, 0.05) is 24.0 Å². The van der Waals surface area contributed by atoms with Crippen molar-refractivity contribution in [3.63, 3.8) is 0 Å². The molecular weight excluding hydrogens is 447 g/mol. The molecule has 0 aliphatic carbocycles. The van der Waals surface area contributed by atoms with Crippen LogP contribution in [0.15, 0.2) is 47.2 Å². The first-order valence-electron chi connectivity index (χ1n) is 9.92. The van der Waals surface area contributed by atoms with Crippen molar-refractivity contribution in [2.24, 2.45) is 4.99 Å². The van der Waals surface area contributed by atoms with Gasteiger partial charge in [-0.3, -0.25) is 9.79 Å². The number of carboxylic acid groups (broad SMARTS) is 1. The van der Waals surface area contributed by atoms with Crippen LogP contribution in [-0.4, -0.2) is 22.4 Å². The minimum Gasteiger partial charge on any atom is -0.481 e. The van der Waals surface area contributed by atoms with Gasteiger partial charge in [0.25, 0.3) is 0 Å². The summed E-state index contributed by atoms with van der Waals surface area (Å²) in [6.07, 6.45) is -0.232. The largest absolute Gasteiger partial charge is 0.481 e. The van der Waals surface area contributed by atoms with Crippen LogP contribution in [-0.2, 0) is 24.0 Å². The van der Waals surface area contributed by atoms with Gasteiger partial charge in [-0.2, -0.15) is 13.2 Å². The van der Waals surface area contributed by atoms with Crippen LogP contribution in [0.3, 0.4) is 0 Å². The van der Waals surface area contributed by atoms with Gasteiger partial charge >= 0.3 is 12.1 Å². The lowest BCUT2D eigenvalue weighted by molar-refractivity contribution is -0.139. The lowest BCUT2D eigenvalue weighted by Crippen LogP contribution is -2.13. The number of hydrogen-bond donors (Lipinski definition) is 1. The third-order valence-electron chi connectivity index (χ3n) is 4.80. The van der Waals surface area contributed by atoms with Crippen molar-refractivity contribution < 1.29 is 36.6 Å². The van der Waals surface area contributed by atoms with E-state index in [1.807, 2.05) is 6.92 Å². The molecule has 178 valence electrons. The average Bonchev–Trinajstić information content (AvgIpc) is 3.16. The number of alkyl halides is 3. The Kier molecular flexibility index (Phi) is 8.56. The molecule has 1 N–H and O–H groups in total. The summed E-state index contributed by atoms with van der Waals surface area (Å²) >= 11 is 0. The van der Waals surface area contributed by atoms with Crippen molar-refractivity contribution in [3.05, 3.63) is 70.7 Å². The van der Waals surface area contributed by atoms with E-state index in [9.17, 15) is 26.7 Å². The first-order valence-corrected chi connectivity index (χ1v) is 9.92. The molecule has 0 radical (unpaired) electrons. The molecule has 0 bridgehead atoms. The average molecular weight is 470 g/mol. The molecule has 0 unspecified atom stereocenters. The van der Waals surface area contributed by atoms with E-state index >= 15 is 0 Å². The topological polar surface area (TPSA) is 63.8 Å². The molecule has 33 heavy (non-hydrogen) atoms. The standard InChI is InChI=1S/C23H23F5N2O3/c1-4-16(29-3)7-5-14(2)30-10-9-17(23(26,27)28)20(30)13-33-22-18(24)11-15(12-19(22)25)6-8-21(31)32/h5,7,9-12H,3-4,6,8,13H2,1-2H3,(H,31,32). The predicted octanol–water partition coefficient (Wildman–Crippen LogP) is 6.24. The number of aryl methyl sites for hydroxylation is 1. The third-order valence-corrected chi connectivity index (χ3v) is 4.80. The Morgan fingerprint density at radius 2 is 1.88 bits per heavy atom. The van der Waals surface area contributed by atoms with Crippen LogP contribution in [0.4, 0.5) is 22.0 Å². The minimum absolute atomic E-state index is 0.0900. The number of aliphatic carboxylic acids is 1. The molecule has 0 aliphatic heterocycles. The normalized spacial score (nSPS) is 12.7. The highest BCUT2D eigenvalue weighted by Crippen LogP contribution is 2.35. The van der Waals surface area contributed by atoms with Gasteiger partial charge in [-0.05, 0) is 62.4 Å². The molecule has 1 aromatic heterocycles. The number of allylic oxidation sites excluding steroid dienone is 4. The van der Waals surface area contributed by atoms with Crippen molar-refractivity contribution in [3.8, 4) is 5.75 Å². The maximum atomic E-state index is 14.4. The van der Waals surface area contributed by atoms with Crippen LogP contribution < -0.4 is 4.74 Å². The van der Waals surface area contributed by atoms with Gasteiger partial charge in [0.2, 0.25) is 0 Å². The van der Waals surface area contributed by atoms with Crippen LogP contribution in [0.1, 0.15) is 43.5 Å². The predicted molar refractivity (Wildman–Crippen MR) is 114 cm³/mol. The van der Waals surface area contributed by atoms with E-state index in [0.29, 0.717) is 17.8 Å². The summed E-state index contributed by atoms with van der Waals surface area (Å²) in [5.74, 6) is -4.26. The summed E-state index contributed by atoms with van der Waals surface area (Å²) in [6, 6.07) is 2.65. The first kappa shape index (κ1) is 25.8. The second-order valence-electron chi connectivity index (χ2n) is 7.09. The van der Waals surface area contributed by atoms with E-state index in [-0.39, 0.29) is 24.1 Å². The Labute approximate surface area is 187 Å². The highest BCUT2D eigenvalue weighted by Gasteiger charge is 2.35. The van der Waals surface area contributed by atoms with Crippen molar-refractivity contribution >= 4 is 18.4 Å². The van der Waals surface area contributed by atoms with E-state index in [2.05, 4.69) is 11.7 Å². The van der Waals surface area contributed by atoms with Crippen LogP contribution in [0, 0.1) is 11.6 Å². The van der Waals surface area contributed by atoms with Crippen molar-refractivity contribution in [2.75, 3.05) is 0 Å². The van der Waals surface area contributed by atoms with Crippen molar-refractivity contribution in [2.45, 2.75) is 45.9 Å². The van der Waals surface area contributed by atoms with Gasteiger partial charge < -0.3 is 14.4 Å². The lowest BCUT2D eigenvalue weighted by atomic mass is 10.1. The van der Waals surface area contributed by atoms with Crippen molar-refractivity contribution in [1.29, 1.82) is 0 Å². The Bertz CT molecular complexity index is 1060. The SMILES string of the molecule is C=NC(=CC=C(C)n1ccc(C(F)(F)F)c1COc1c(F)cc(CCC(=O)O)cc1F)CC. The number of aliphatic imine (C=N–C) groups is 1. The highest BCUT2D eigenvalue weighted by molar-refractivity contribution is 5.67. The Morgan fingerprint density at radius 3 is 2.39 bits per heavy atom. The van der Waals surface area contributed by atoms with Gasteiger partial charge in [0.1, 0.15) is 6.61 Å². The quantitative estimate of drug-likeness (QED) is 0.254. The molecule has 0 spiro atoms. The van der Waals surface area contributed by atoms with Crippen molar-refractivity contribution in [1.82, 2.24) is 4.57 Å². The molecule has 10 heteroatoms. The zero-order chi connectivity index (χ0) is 24.8. The Morgan fingerprint density at radius 1 is 1.24 bits per heavy atom. The van der Waals surface area contributed by atoms with Gasteiger partial charge in [-0.15, -0.1) is 0 Å². The molecular formula is C23H23F5N2O3. The molecule has 2 aromatic rings. The van der Waals surface area contributed by atoms with Gasteiger partial charge in [0.15, 0.2) is 17.4 Å². The number of nitrogens with zero attached hydrogens (tertiary/aromatic N) is 2. The first-order chi connectivity index (χ1) is 15.5. The monoisotopic (exact) mass is 470 g/mol. The van der Waals surface area contributed by atoms with Crippen LogP contribution in [0.2, 0.25) is 0 Å². The molecule has 2 rings (SSSR count). The maximum absolute atomic E-state index is 14.4. The fourth-order valence-corrected chi connectivity index (χ4v) is 3.07. The number of aromatic nitrogens is 1. The highest BCUT2D eigenvalue weighted by atomic mass is 19.4. The van der Waals surface area contributed by atoms with Gasteiger partial charge in [-0.25, -0.2) is 8.78 Å². The van der Waals surface area contributed by atoms with E-state index in [0.717, 1.165) is 18.2 Å². The summed E-state index contributed by atoms with van der Waals surface area (Å²) < 4.78 is 75.6. The summed E-state index contributed by atoms with van der Waals surface area (Å²) in [5.41, 5.74) is -0.239. The number of ether oxygens (including phenoxy) is 1. The second kappa shape index (κ2) is 10.9. The van der Waals surface area contributed by atoms with E-state index < -0.39 is 41.7 Å². The van der Waals surface area contributed by atoms with Gasteiger partial charge in [-0.1, -0.05) is 6.92 Å². The van der Waals surface area contributed by atoms with E-state index in [1.54, 1.807) is 19.1 Å². The number of carboxylic acids is 1. The summed E-state index contributed by atoms with van der Waals surface area (Å²) in [4.78, 5) is 14.4. The Hall–Kier alpha value is -3.43. The van der Waals surface area contributed by atoms with Gasteiger partial charge in [0.05, 0.1) is 11.3 Å². The molecule has 0 saturated heterocycles. The number of rotatable bonds is 10. The third kappa shape index (κ3) is 6.77. The molecule has 0 fully saturated rings. The zero-order valence-corrected chi connectivity index (χ0v) is 18.0. The summed E-state index contributed by atoms with van der Waals surface area (Å²) in [6.45, 7) is 6.06. The van der Waals surface area contributed by atoms with Crippen LogP contribution in [0.5, 0.6) is 5.75 Å². The number of benzene rings is 1. The lowest BCUT2D eigenvalue weighted by Gasteiger charge is -2.16. The van der Waals surface area contributed by atoms with Crippen LogP contribution >= 0.6 is 0 Å². The second-order valence-corrected chi connectivity index (χ2v) is 7.09. The summed E-state index contributed by atoms with van der Waals surface area (Å²) in [7, 11) is 0. The maximum Gasteiger partial charge on any atom is 0.418 e. The zero-order valence-electron chi connectivity index (χ0n) is 18.0. The molecule has 5 nitrogen and oxygen atoms in total. The number of carbonyl (C=O) groups is 1. The molecule has 0 amide bonds. The molecule has 1 heterocycles. The Balaban J connectivity index is 2.38. The molecule has 0 atom stereocenters. The molecule has 0 aliphatic rings. The summed E-state index contributed by atoms with van der Waals surface area (Å²) in [5, 5.41) is 8.69. The smallest absolute Gasteiger partial charge is 0.418 e. The number of hydrogen-bond acceptors (Lipinski definition) is 3. The molecule has 1 aromatic carbocycles. The fourth-order valence-electron chi connectivity index (χ4n) is 3.07.